The summed E-state index contributed by atoms with van der Waals surface area (Å²) in [5.74, 6) is 1.28. The largest absolute Gasteiger partial charge is 0.332 e. The maximum absolute atomic E-state index is 11.3. The van der Waals surface area contributed by atoms with E-state index in [0.29, 0.717) is 6.42 Å². The molecule has 84 valence electrons. The number of rotatable bonds is 5. The van der Waals surface area contributed by atoms with E-state index < -0.39 is 0 Å². The van der Waals surface area contributed by atoms with Gasteiger partial charge in [0.25, 0.3) is 0 Å². The molecule has 14 heavy (non-hydrogen) atoms. The SMILES string of the molecule is CCCCCC(=O)NC1NCCS1.Cl. The number of carbonyl (C=O) groups excluding carboxylic acids is 1. The maximum atomic E-state index is 11.3. The number of hydrogen-bond acceptors (Lipinski definition) is 3. The average Bonchev–Trinajstić information content (AvgIpc) is 2.57. The lowest BCUT2D eigenvalue weighted by Crippen LogP contribution is -2.39. The van der Waals surface area contributed by atoms with Crippen LogP contribution in [0.1, 0.15) is 32.6 Å². The second-order valence-corrected chi connectivity index (χ2v) is 4.44. The first-order valence-corrected chi connectivity index (χ1v) is 6.02. The molecule has 1 aliphatic rings. The minimum atomic E-state index is 0. The predicted molar refractivity (Wildman–Crippen MR) is 63.8 cm³/mol. The molecule has 1 rings (SSSR count). The molecule has 1 unspecified atom stereocenters. The van der Waals surface area contributed by atoms with Gasteiger partial charge in [-0.25, -0.2) is 0 Å². The minimum absolute atomic E-state index is 0. The van der Waals surface area contributed by atoms with Crippen molar-refractivity contribution in [1.29, 1.82) is 0 Å². The van der Waals surface area contributed by atoms with E-state index in [-0.39, 0.29) is 23.8 Å². The molecule has 3 nitrogen and oxygen atoms in total. The highest BCUT2D eigenvalue weighted by Crippen LogP contribution is 2.10. The molecule has 0 aromatic rings. The third-order valence-electron chi connectivity index (χ3n) is 2.02. The molecule has 0 aliphatic carbocycles. The van der Waals surface area contributed by atoms with Crippen molar-refractivity contribution in [3.8, 4) is 0 Å². The summed E-state index contributed by atoms with van der Waals surface area (Å²) in [4.78, 5) is 11.3. The Morgan fingerprint density at radius 3 is 2.93 bits per heavy atom. The van der Waals surface area contributed by atoms with Crippen molar-refractivity contribution in [2.45, 2.75) is 38.1 Å². The predicted octanol–water partition coefficient (Wildman–Crippen LogP) is 1.72. The lowest BCUT2D eigenvalue weighted by Gasteiger charge is -2.11. The van der Waals surface area contributed by atoms with E-state index in [1.165, 1.54) is 6.42 Å². The average molecular weight is 239 g/mol. The molecule has 1 amide bonds. The number of unbranched alkanes of at least 4 members (excludes halogenated alkanes) is 2. The van der Waals surface area contributed by atoms with E-state index in [0.717, 1.165) is 25.1 Å². The highest BCUT2D eigenvalue weighted by atomic mass is 35.5. The van der Waals surface area contributed by atoms with E-state index >= 15 is 0 Å². The zero-order valence-corrected chi connectivity index (χ0v) is 10.2. The molecule has 1 saturated heterocycles. The molecule has 0 saturated carbocycles. The van der Waals surface area contributed by atoms with E-state index in [4.69, 9.17) is 0 Å². The Hall–Kier alpha value is 0.0700. The number of thioether (sulfide) groups is 1. The van der Waals surface area contributed by atoms with Gasteiger partial charge in [-0.1, -0.05) is 19.8 Å². The van der Waals surface area contributed by atoms with Gasteiger partial charge in [0.2, 0.25) is 5.91 Å². The quantitative estimate of drug-likeness (QED) is 0.717. The number of nitrogens with one attached hydrogen (secondary N) is 2. The first-order valence-electron chi connectivity index (χ1n) is 4.97. The molecule has 5 heteroatoms. The normalized spacial score (nSPS) is 20.2. The molecule has 2 N–H and O–H groups in total. The van der Waals surface area contributed by atoms with Gasteiger partial charge in [-0.15, -0.1) is 24.2 Å². The van der Waals surface area contributed by atoms with Crippen LogP contribution in [0, 0.1) is 0 Å². The standard InChI is InChI=1S/C9H18N2OS.ClH/c1-2-3-4-5-8(12)11-9-10-6-7-13-9;/h9-10H,2-7H2,1H3,(H,11,12);1H. The summed E-state index contributed by atoms with van der Waals surface area (Å²) in [7, 11) is 0. The van der Waals surface area contributed by atoms with Gasteiger partial charge in [0.15, 0.2) is 0 Å². The van der Waals surface area contributed by atoms with E-state index in [9.17, 15) is 4.79 Å². The van der Waals surface area contributed by atoms with Gasteiger partial charge in [0, 0.05) is 18.7 Å². The topological polar surface area (TPSA) is 41.1 Å². The summed E-state index contributed by atoms with van der Waals surface area (Å²) < 4.78 is 0. The summed E-state index contributed by atoms with van der Waals surface area (Å²) in [5, 5.41) is 6.16. The Balaban J connectivity index is 0.00000169. The number of hydrogen-bond donors (Lipinski definition) is 2. The third kappa shape index (κ3) is 5.73. The fourth-order valence-corrected chi connectivity index (χ4v) is 2.19. The Kier molecular flexibility index (Phi) is 8.43. The van der Waals surface area contributed by atoms with Crippen molar-refractivity contribution in [2.24, 2.45) is 0 Å². The highest BCUT2D eigenvalue weighted by molar-refractivity contribution is 8.00. The lowest BCUT2D eigenvalue weighted by atomic mass is 10.2. The Morgan fingerprint density at radius 1 is 1.57 bits per heavy atom. The molecule has 0 spiro atoms. The summed E-state index contributed by atoms with van der Waals surface area (Å²) in [6.45, 7) is 3.15. The second kappa shape index (κ2) is 8.38. The van der Waals surface area contributed by atoms with Crippen molar-refractivity contribution in [3.63, 3.8) is 0 Å². The van der Waals surface area contributed by atoms with Crippen LogP contribution in [0.15, 0.2) is 0 Å². The number of amides is 1. The summed E-state index contributed by atoms with van der Waals surface area (Å²) in [5.41, 5.74) is 0.161. The summed E-state index contributed by atoms with van der Waals surface area (Å²) >= 11 is 1.77. The van der Waals surface area contributed by atoms with Crippen molar-refractivity contribution in [1.82, 2.24) is 10.6 Å². The van der Waals surface area contributed by atoms with Crippen LogP contribution in [0.5, 0.6) is 0 Å². The second-order valence-electron chi connectivity index (χ2n) is 3.23. The van der Waals surface area contributed by atoms with Gasteiger partial charge in [0.05, 0.1) is 0 Å². The Morgan fingerprint density at radius 2 is 2.36 bits per heavy atom. The molecule has 1 atom stereocenters. The van der Waals surface area contributed by atoms with Crippen molar-refractivity contribution in [2.75, 3.05) is 12.3 Å². The van der Waals surface area contributed by atoms with Crippen molar-refractivity contribution < 1.29 is 4.79 Å². The molecule has 0 bridgehead atoms. The van der Waals surface area contributed by atoms with Gasteiger partial charge in [-0.2, -0.15) is 0 Å². The van der Waals surface area contributed by atoms with Gasteiger partial charge in [0.1, 0.15) is 5.50 Å². The van der Waals surface area contributed by atoms with E-state index in [1.807, 2.05) is 0 Å². The Labute approximate surface area is 96.2 Å². The van der Waals surface area contributed by atoms with E-state index in [2.05, 4.69) is 17.6 Å². The fraction of sp³-hybridized carbons (Fsp3) is 0.889. The maximum Gasteiger partial charge on any atom is 0.221 e. The molecule has 0 aromatic carbocycles. The minimum Gasteiger partial charge on any atom is -0.332 e. The van der Waals surface area contributed by atoms with Crippen LogP contribution in [-0.2, 0) is 4.79 Å². The highest BCUT2D eigenvalue weighted by Gasteiger charge is 2.15. The number of carbonyl (C=O) groups is 1. The molecule has 1 fully saturated rings. The molecule has 0 aromatic heterocycles. The van der Waals surface area contributed by atoms with Crippen LogP contribution in [0.4, 0.5) is 0 Å². The molecule has 1 aliphatic heterocycles. The van der Waals surface area contributed by atoms with Crippen LogP contribution in [0.2, 0.25) is 0 Å². The molecule has 1 heterocycles. The fourth-order valence-electron chi connectivity index (χ4n) is 1.27. The third-order valence-corrected chi connectivity index (χ3v) is 3.07. The monoisotopic (exact) mass is 238 g/mol. The lowest BCUT2D eigenvalue weighted by molar-refractivity contribution is -0.121. The smallest absolute Gasteiger partial charge is 0.221 e. The molecule has 0 radical (unpaired) electrons. The summed E-state index contributed by atoms with van der Waals surface area (Å²) in [6.07, 6.45) is 4.01. The van der Waals surface area contributed by atoms with Gasteiger partial charge in [-0.05, 0) is 6.42 Å². The van der Waals surface area contributed by atoms with Crippen molar-refractivity contribution >= 4 is 30.1 Å². The van der Waals surface area contributed by atoms with Crippen LogP contribution in [0.3, 0.4) is 0 Å². The zero-order chi connectivity index (χ0) is 9.52. The molecular formula is C9H19ClN2OS. The van der Waals surface area contributed by atoms with Crippen molar-refractivity contribution in [3.05, 3.63) is 0 Å². The number of halogens is 1. The van der Waals surface area contributed by atoms with Gasteiger partial charge >= 0.3 is 0 Å². The molecular weight excluding hydrogens is 220 g/mol. The summed E-state index contributed by atoms with van der Waals surface area (Å²) in [6, 6.07) is 0. The van der Waals surface area contributed by atoms with E-state index in [1.54, 1.807) is 11.8 Å². The van der Waals surface area contributed by atoms with Crippen LogP contribution in [-0.4, -0.2) is 23.7 Å². The first-order chi connectivity index (χ1) is 6.33. The first kappa shape index (κ1) is 14.1. The zero-order valence-electron chi connectivity index (χ0n) is 8.54. The Bertz CT molecular complexity index is 163. The van der Waals surface area contributed by atoms with Gasteiger partial charge in [-0.3, -0.25) is 10.1 Å². The van der Waals surface area contributed by atoms with Crippen LogP contribution < -0.4 is 10.6 Å². The van der Waals surface area contributed by atoms with Crippen LogP contribution in [0.25, 0.3) is 0 Å². The van der Waals surface area contributed by atoms with Gasteiger partial charge < -0.3 is 5.32 Å². The van der Waals surface area contributed by atoms with Crippen LogP contribution >= 0.6 is 24.2 Å².